The number of aliphatic imine (C=N–C) groups is 1. The van der Waals surface area contributed by atoms with E-state index >= 15 is 0 Å². The molecule has 2 fully saturated rings. The van der Waals surface area contributed by atoms with Crippen LogP contribution in [-0.4, -0.2) is 42.0 Å². The van der Waals surface area contributed by atoms with Crippen molar-refractivity contribution in [2.75, 3.05) is 31.1 Å². The summed E-state index contributed by atoms with van der Waals surface area (Å²) in [4.78, 5) is 6.85. The van der Waals surface area contributed by atoms with Crippen molar-refractivity contribution < 1.29 is 0 Å². The Kier molecular flexibility index (Phi) is 6.40. The average Bonchev–Trinajstić information content (AvgIpc) is 3.08. The van der Waals surface area contributed by atoms with Crippen molar-refractivity contribution in [3.8, 4) is 0 Å². The molecule has 2 aliphatic rings. The molecular weight excluding hydrogens is 345 g/mol. The number of nitrogens with zero attached hydrogens (tertiary/aromatic N) is 2. The summed E-state index contributed by atoms with van der Waals surface area (Å²) in [6.45, 7) is 5.35. The number of hydrogen-bond acceptors (Lipinski definition) is 2. The van der Waals surface area contributed by atoms with Crippen molar-refractivity contribution in [2.45, 2.75) is 32.6 Å². The minimum Gasteiger partial charge on any atom is -0.370 e. The van der Waals surface area contributed by atoms with Crippen LogP contribution in [0.25, 0.3) is 0 Å². The molecule has 0 aromatic carbocycles. The van der Waals surface area contributed by atoms with E-state index in [0.29, 0.717) is 5.41 Å². The van der Waals surface area contributed by atoms with Crippen LogP contribution in [0.4, 0.5) is 0 Å². The zero-order valence-electron chi connectivity index (χ0n) is 10.7. The molecule has 0 spiro atoms. The topological polar surface area (TPSA) is 41.6 Å². The minimum atomic E-state index is 0. The summed E-state index contributed by atoms with van der Waals surface area (Å²) in [5.74, 6) is 3.16. The fourth-order valence-corrected chi connectivity index (χ4v) is 3.24. The second-order valence-electron chi connectivity index (χ2n) is 5.02. The predicted octanol–water partition coefficient (Wildman–Crippen LogP) is 2.55. The molecule has 0 bridgehead atoms. The fraction of sp³-hybridized carbons (Fsp3) is 0.917. The van der Waals surface area contributed by atoms with Crippen molar-refractivity contribution in [3.63, 3.8) is 0 Å². The van der Waals surface area contributed by atoms with Crippen LogP contribution >= 0.6 is 35.7 Å². The Hall–Kier alpha value is 0.350. The zero-order valence-corrected chi connectivity index (χ0v) is 13.8. The Labute approximate surface area is 126 Å². The number of rotatable bonds is 4. The molecule has 1 aliphatic carbocycles. The Morgan fingerprint density at radius 3 is 2.53 bits per heavy atom. The largest absolute Gasteiger partial charge is 0.370 e. The van der Waals surface area contributed by atoms with E-state index in [2.05, 4.69) is 16.8 Å². The van der Waals surface area contributed by atoms with Crippen LogP contribution in [0.2, 0.25) is 0 Å². The molecule has 0 atom stereocenters. The highest BCUT2D eigenvalue weighted by molar-refractivity contribution is 14.0. The number of guanidine groups is 1. The van der Waals surface area contributed by atoms with Gasteiger partial charge in [-0.25, -0.2) is 0 Å². The monoisotopic (exact) mass is 369 g/mol. The summed E-state index contributed by atoms with van der Waals surface area (Å²) in [5.41, 5.74) is 6.58. The molecule has 2 N–H and O–H groups in total. The first-order valence-electron chi connectivity index (χ1n) is 6.38. The summed E-state index contributed by atoms with van der Waals surface area (Å²) in [6, 6.07) is 0. The van der Waals surface area contributed by atoms with Crippen LogP contribution in [0, 0.1) is 5.41 Å². The molecule has 1 saturated carbocycles. The van der Waals surface area contributed by atoms with Crippen molar-refractivity contribution in [3.05, 3.63) is 0 Å². The summed E-state index contributed by atoms with van der Waals surface area (Å²) in [5, 5.41) is 0. The van der Waals surface area contributed by atoms with Gasteiger partial charge >= 0.3 is 0 Å². The molecule has 2 rings (SSSR count). The lowest BCUT2D eigenvalue weighted by Gasteiger charge is -2.27. The molecule has 0 radical (unpaired) electrons. The molecular formula is C12H24IN3S. The molecule has 100 valence electrons. The van der Waals surface area contributed by atoms with E-state index in [-0.39, 0.29) is 24.0 Å². The summed E-state index contributed by atoms with van der Waals surface area (Å²) >= 11 is 2.01. The second kappa shape index (κ2) is 7.07. The highest BCUT2D eigenvalue weighted by Crippen LogP contribution is 2.49. The van der Waals surface area contributed by atoms with Gasteiger partial charge in [0.2, 0.25) is 0 Å². The SMILES string of the molecule is CCCC1(CN=C(N)N2CCSCC2)CC1.I. The Morgan fingerprint density at radius 2 is 2.00 bits per heavy atom. The highest BCUT2D eigenvalue weighted by atomic mass is 127. The molecule has 1 saturated heterocycles. The molecule has 0 amide bonds. The Bertz CT molecular complexity index is 260. The fourth-order valence-electron chi connectivity index (χ4n) is 2.34. The van der Waals surface area contributed by atoms with E-state index in [1.807, 2.05) is 11.8 Å². The first-order chi connectivity index (χ1) is 7.76. The molecule has 17 heavy (non-hydrogen) atoms. The van der Waals surface area contributed by atoms with Crippen LogP contribution < -0.4 is 5.73 Å². The minimum absolute atomic E-state index is 0. The van der Waals surface area contributed by atoms with Crippen LogP contribution in [0.5, 0.6) is 0 Å². The molecule has 0 aromatic rings. The van der Waals surface area contributed by atoms with Crippen molar-refractivity contribution in [1.82, 2.24) is 4.90 Å². The van der Waals surface area contributed by atoms with Gasteiger partial charge in [0, 0.05) is 31.1 Å². The molecule has 3 nitrogen and oxygen atoms in total. The lowest BCUT2D eigenvalue weighted by Crippen LogP contribution is -2.43. The van der Waals surface area contributed by atoms with Gasteiger partial charge < -0.3 is 10.6 Å². The molecule has 5 heteroatoms. The predicted molar refractivity (Wildman–Crippen MR) is 87.4 cm³/mol. The van der Waals surface area contributed by atoms with Crippen molar-refractivity contribution in [1.29, 1.82) is 0 Å². The molecule has 0 aromatic heterocycles. The third kappa shape index (κ3) is 4.50. The van der Waals surface area contributed by atoms with Crippen LogP contribution in [0.3, 0.4) is 0 Å². The number of hydrogen-bond donors (Lipinski definition) is 1. The van der Waals surface area contributed by atoms with Gasteiger partial charge in [-0.2, -0.15) is 11.8 Å². The van der Waals surface area contributed by atoms with E-state index in [9.17, 15) is 0 Å². The number of nitrogens with two attached hydrogens (primary N) is 1. The van der Waals surface area contributed by atoms with E-state index in [4.69, 9.17) is 5.73 Å². The van der Waals surface area contributed by atoms with Crippen molar-refractivity contribution >= 4 is 41.7 Å². The van der Waals surface area contributed by atoms with Gasteiger partial charge in [-0.15, -0.1) is 24.0 Å². The molecule has 0 unspecified atom stereocenters. The van der Waals surface area contributed by atoms with Crippen LogP contribution in [0.15, 0.2) is 4.99 Å². The number of halogens is 1. The Balaban J connectivity index is 0.00000144. The first-order valence-corrected chi connectivity index (χ1v) is 7.54. The van der Waals surface area contributed by atoms with Gasteiger partial charge in [0.1, 0.15) is 0 Å². The second-order valence-corrected chi connectivity index (χ2v) is 6.25. The van der Waals surface area contributed by atoms with Gasteiger partial charge in [0.15, 0.2) is 5.96 Å². The lowest BCUT2D eigenvalue weighted by atomic mass is 10.0. The summed E-state index contributed by atoms with van der Waals surface area (Å²) < 4.78 is 0. The maximum Gasteiger partial charge on any atom is 0.191 e. The van der Waals surface area contributed by atoms with E-state index in [1.54, 1.807) is 0 Å². The quantitative estimate of drug-likeness (QED) is 0.471. The highest BCUT2D eigenvalue weighted by Gasteiger charge is 2.41. The van der Waals surface area contributed by atoms with Gasteiger partial charge in [-0.3, -0.25) is 4.99 Å². The third-order valence-electron chi connectivity index (χ3n) is 3.65. The van der Waals surface area contributed by atoms with Gasteiger partial charge in [-0.05, 0) is 24.7 Å². The standard InChI is InChI=1S/C12H23N3S.HI/c1-2-3-12(4-5-12)10-14-11(13)15-6-8-16-9-7-15;/h2-10H2,1H3,(H2,13,14);1H. The van der Waals surface area contributed by atoms with Gasteiger partial charge in [-0.1, -0.05) is 13.3 Å². The summed E-state index contributed by atoms with van der Waals surface area (Å²) in [6.07, 6.45) is 5.30. The first kappa shape index (κ1) is 15.4. The van der Waals surface area contributed by atoms with Gasteiger partial charge in [0.25, 0.3) is 0 Å². The van der Waals surface area contributed by atoms with Crippen LogP contribution in [0.1, 0.15) is 32.6 Å². The van der Waals surface area contributed by atoms with Crippen LogP contribution in [-0.2, 0) is 0 Å². The summed E-state index contributed by atoms with van der Waals surface area (Å²) in [7, 11) is 0. The van der Waals surface area contributed by atoms with Crippen molar-refractivity contribution in [2.24, 2.45) is 16.1 Å². The Morgan fingerprint density at radius 1 is 1.35 bits per heavy atom. The van der Waals surface area contributed by atoms with E-state index in [1.165, 1.54) is 37.2 Å². The maximum absolute atomic E-state index is 6.05. The number of thioether (sulfide) groups is 1. The van der Waals surface area contributed by atoms with E-state index in [0.717, 1.165) is 25.6 Å². The molecule has 1 aliphatic heterocycles. The smallest absolute Gasteiger partial charge is 0.191 e. The lowest BCUT2D eigenvalue weighted by molar-refractivity contribution is 0.439. The van der Waals surface area contributed by atoms with E-state index < -0.39 is 0 Å². The zero-order chi connectivity index (χ0) is 11.4. The molecule has 1 heterocycles. The average molecular weight is 369 g/mol. The van der Waals surface area contributed by atoms with Gasteiger partial charge in [0.05, 0.1) is 0 Å². The maximum atomic E-state index is 6.05. The third-order valence-corrected chi connectivity index (χ3v) is 4.59. The normalized spacial score (nSPS) is 23.1.